The summed E-state index contributed by atoms with van der Waals surface area (Å²) in [5, 5.41) is 3.98. The number of hydrogen-bond donors (Lipinski definition) is 1. The lowest BCUT2D eigenvalue weighted by molar-refractivity contribution is 0.414. The molecule has 4 heteroatoms. The zero-order chi connectivity index (χ0) is 11.3. The van der Waals surface area contributed by atoms with Crippen molar-refractivity contribution < 1.29 is 4.74 Å². The molecule has 0 aliphatic rings. The number of nitrogens with one attached hydrogen (secondary N) is 1. The van der Waals surface area contributed by atoms with Gasteiger partial charge in [0.1, 0.15) is 5.75 Å². The molecule has 1 aromatic rings. The second kappa shape index (κ2) is 5.83. The third kappa shape index (κ3) is 3.98. The summed E-state index contributed by atoms with van der Waals surface area (Å²) in [6.07, 6.45) is 0. The molecule has 84 valence electrons. The van der Waals surface area contributed by atoms with E-state index in [0.29, 0.717) is 0 Å². The largest absolute Gasteiger partial charge is 0.497 e. The molecule has 0 heterocycles. The van der Waals surface area contributed by atoms with Crippen LogP contribution < -0.4 is 10.1 Å². The van der Waals surface area contributed by atoms with Crippen LogP contribution in [0.1, 0.15) is 0 Å². The van der Waals surface area contributed by atoms with Crippen LogP contribution in [0.15, 0.2) is 18.2 Å². The van der Waals surface area contributed by atoms with Crippen molar-refractivity contribution in [2.24, 2.45) is 0 Å². The minimum Gasteiger partial charge on any atom is -0.497 e. The molecule has 15 heavy (non-hydrogen) atoms. The number of hydrogen-bond acceptors (Lipinski definition) is 3. The van der Waals surface area contributed by atoms with E-state index in [1.165, 1.54) is 0 Å². The van der Waals surface area contributed by atoms with Crippen LogP contribution in [0.2, 0.25) is 5.02 Å². The van der Waals surface area contributed by atoms with Crippen LogP contribution in [-0.2, 0) is 0 Å². The molecule has 0 saturated carbocycles. The molecule has 0 unspecified atom stereocenters. The molecule has 0 atom stereocenters. The van der Waals surface area contributed by atoms with Crippen molar-refractivity contribution in [2.45, 2.75) is 0 Å². The second-order valence-electron chi connectivity index (χ2n) is 3.58. The van der Waals surface area contributed by atoms with Crippen molar-refractivity contribution in [2.75, 3.05) is 39.6 Å². The van der Waals surface area contributed by atoms with Gasteiger partial charge in [0.2, 0.25) is 0 Å². The summed E-state index contributed by atoms with van der Waals surface area (Å²) < 4.78 is 5.13. The Labute approximate surface area is 96.0 Å². The molecule has 0 bridgehead atoms. The van der Waals surface area contributed by atoms with E-state index in [1.54, 1.807) is 7.11 Å². The monoisotopic (exact) mass is 228 g/mol. The fraction of sp³-hybridized carbons (Fsp3) is 0.455. The van der Waals surface area contributed by atoms with Gasteiger partial charge in [-0.3, -0.25) is 0 Å². The van der Waals surface area contributed by atoms with Gasteiger partial charge in [-0.15, -0.1) is 0 Å². The Bertz CT molecular complexity index is 315. The lowest BCUT2D eigenvalue weighted by Crippen LogP contribution is -2.20. The summed E-state index contributed by atoms with van der Waals surface area (Å²) in [6.45, 7) is 1.83. The van der Waals surface area contributed by atoms with Crippen LogP contribution in [0.4, 0.5) is 5.69 Å². The fourth-order valence-electron chi connectivity index (χ4n) is 1.18. The average Bonchev–Trinajstić information content (AvgIpc) is 2.20. The predicted molar refractivity (Wildman–Crippen MR) is 65.0 cm³/mol. The van der Waals surface area contributed by atoms with E-state index in [4.69, 9.17) is 16.3 Å². The van der Waals surface area contributed by atoms with E-state index < -0.39 is 0 Å². The van der Waals surface area contributed by atoms with E-state index in [1.807, 2.05) is 32.3 Å². The summed E-state index contributed by atoms with van der Waals surface area (Å²) in [5.41, 5.74) is 0.915. The molecular formula is C11H17ClN2O. The van der Waals surface area contributed by atoms with Crippen LogP contribution in [-0.4, -0.2) is 39.2 Å². The topological polar surface area (TPSA) is 24.5 Å². The Hall–Kier alpha value is -0.930. The van der Waals surface area contributed by atoms with Gasteiger partial charge in [0.05, 0.1) is 17.8 Å². The first-order valence-corrected chi connectivity index (χ1v) is 5.23. The highest BCUT2D eigenvalue weighted by Crippen LogP contribution is 2.26. The quantitative estimate of drug-likeness (QED) is 0.837. The average molecular weight is 229 g/mol. The van der Waals surface area contributed by atoms with Crippen molar-refractivity contribution in [3.8, 4) is 5.75 Å². The molecule has 0 saturated heterocycles. The molecule has 0 aliphatic heterocycles. The van der Waals surface area contributed by atoms with Crippen molar-refractivity contribution in [1.29, 1.82) is 0 Å². The van der Waals surface area contributed by atoms with Crippen LogP contribution >= 0.6 is 11.6 Å². The summed E-state index contributed by atoms with van der Waals surface area (Å²) >= 11 is 6.04. The molecule has 1 rings (SSSR count). The Balaban J connectivity index is 2.59. The highest BCUT2D eigenvalue weighted by atomic mass is 35.5. The standard InChI is InChI=1S/C11H17ClN2O/c1-14(2)7-6-13-11-8-9(15-3)4-5-10(11)12/h4-5,8,13H,6-7H2,1-3H3. The van der Waals surface area contributed by atoms with Crippen LogP contribution in [0.25, 0.3) is 0 Å². The predicted octanol–water partition coefficient (Wildman–Crippen LogP) is 2.32. The van der Waals surface area contributed by atoms with Gasteiger partial charge in [-0.25, -0.2) is 0 Å². The number of likely N-dealkylation sites (N-methyl/N-ethyl adjacent to an activating group) is 1. The third-order valence-electron chi connectivity index (χ3n) is 2.05. The van der Waals surface area contributed by atoms with Crippen LogP contribution in [0.5, 0.6) is 5.75 Å². The Morgan fingerprint density at radius 1 is 1.40 bits per heavy atom. The van der Waals surface area contributed by atoms with Gasteiger partial charge in [-0.1, -0.05) is 11.6 Å². The van der Waals surface area contributed by atoms with Crippen molar-refractivity contribution >= 4 is 17.3 Å². The van der Waals surface area contributed by atoms with Gasteiger partial charge in [0.15, 0.2) is 0 Å². The van der Waals surface area contributed by atoms with Gasteiger partial charge < -0.3 is 15.0 Å². The van der Waals surface area contributed by atoms with Crippen molar-refractivity contribution in [3.05, 3.63) is 23.2 Å². The van der Waals surface area contributed by atoms with Crippen molar-refractivity contribution in [1.82, 2.24) is 4.90 Å². The van der Waals surface area contributed by atoms with Gasteiger partial charge in [-0.05, 0) is 26.2 Å². The number of halogens is 1. The number of rotatable bonds is 5. The second-order valence-corrected chi connectivity index (χ2v) is 3.98. The number of anilines is 1. The highest BCUT2D eigenvalue weighted by molar-refractivity contribution is 6.33. The lowest BCUT2D eigenvalue weighted by atomic mass is 10.3. The molecular weight excluding hydrogens is 212 g/mol. The molecule has 0 radical (unpaired) electrons. The van der Waals surface area contributed by atoms with Gasteiger partial charge in [-0.2, -0.15) is 0 Å². The van der Waals surface area contributed by atoms with E-state index >= 15 is 0 Å². The summed E-state index contributed by atoms with van der Waals surface area (Å²) in [7, 11) is 5.72. The van der Waals surface area contributed by atoms with E-state index in [-0.39, 0.29) is 0 Å². The summed E-state index contributed by atoms with van der Waals surface area (Å²) in [6, 6.07) is 5.58. The molecule has 3 nitrogen and oxygen atoms in total. The normalized spacial score (nSPS) is 10.5. The summed E-state index contributed by atoms with van der Waals surface area (Å²) in [4.78, 5) is 2.11. The maximum absolute atomic E-state index is 6.04. The van der Waals surface area contributed by atoms with Gasteiger partial charge >= 0.3 is 0 Å². The minimum absolute atomic E-state index is 0.717. The summed E-state index contributed by atoms with van der Waals surface area (Å²) in [5.74, 6) is 0.812. The Morgan fingerprint density at radius 2 is 2.13 bits per heavy atom. The lowest BCUT2D eigenvalue weighted by Gasteiger charge is -2.13. The highest BCUT2D eigenvalue weighted by Gasteiger charge is 2.01. The van der Waals surface area contributed by atoms with Gasteiger partial charge in [0.25, 0.3) is 0 Å². The number of benzene rings is 1. The smallest absolute Gasteiger partial charge is 0.121 e. The van der Waals surface area contributed by atoms with Crippen molar-refractivity contribution in [3.63, 3.8) is 0 Å². The third-order valence-corrected chi connectivity index (χ3v) is 2.38. The number of methoxy groups -OCH3 is 1. The maximum Gasteiger partial charge on any atom is 0.121 e. The first kappa shape index (κ1) is 12.1. The molecule has 0 amide bonds. The SMILES string of the molecule is COc1ccc(Cl)c(NCCN(C)C)c1. The minimum atomic E-state index is 0.717. The molecule has 0 aromatic heterocycles. The van der Waals surface area contributed by atoms with E-state index in [2.05, 4.69) is 10.2 Å². The Morgan fingerprint density at radius 3 is 2.73 bits per heavy atom. The van der Waals surface area contributed by atoms with Crippen LogP contribution in [0, 0.1) is 0 Å². The van der Waals surface area contributed by atoms with Crippen LogP contribution in [0.3, 0.4) is 0 Å². The first-order valence-electron chi connectivity index (χ1n) is 4.85. The fourth-order valence-corrected chi connectivity index (χ4v) is 1.37. The van der Waals surface area contributed by atoms with E-state index in [0.717, 1.165) is 29.5 Å². The molecule has 1 N–H and O–H groups in total. The molecule has 0 spiro atoms. The number of nitrogens with zero attached hydrogens (tertiary/aromatic N) is 1. The number of ether oxygens (including phenoxy) is 1. The molecule has 0 aliphatic carbocycles. The first-order chi connectivity index (χ1) is 7.13. The maximum atomic E-state index is 6.04. The zero-order valence-corrected chi connectivity index (χ0v) is 10.1. The Kier molecular flexibility index (Phi) is 4.72. The molecule has 0 fully saturated rings. The van der Waals surface area contributed by atoms with E-state index in [9.17, 15) is 0 Å². The van der Waals surface area contributed by atoms with Gasteiger partial charge in [0, 0.05) is 19.2 Å². The molecule has 1 aromatic carbocycles. The zero-order valence-electron chi connectivity index (χ0n) is 9.38.